The van der Waals surface area contributed by atoms with Crippen molar-refractivity contribution in [1.29, 1.82) is 0 Å². The van der Waals surface area contributed by atoms with E-state index in [2.05, 4.69) is 15.6 Å². The maximum Gasteiger partial charge on any atom is 0.225 e. The Hall–Kier alpha value is -1.34. The van der Waals surface area contributed by atoms with Gasteiger partial charge in [0.05, 0.1) is 0 Å². The van der Waals surface area contributed by atoms with Crippen molar-refractivity contribution >= 4 is 11.9 Å². The monoisotopic (exact) mass is 382 g/mol. The van der Waals surface area contributed by atoms with Crippen LogP contribution >= 0.6 is 0 Å². The highest BCUT2D eigenvalue weighted by molar-refractivity contribution is 5.80. The second-order valence-electron chi connectivity index (χ2n) is 7.88. The molecule has 2 rings (SSSR count). The van der Waals surface area contributed by atoms with Gasteiger partial charge in [-0.15, -0.1) is 0 Å². The molecule has 0 aliphatic carbocycles. The molecule has 0 atom stereocenters. The number of ether oxygens (including phenoxy) is 2. The Morgan fingerprint density at radius 2 is 1.93 bits per heavy atom. The van der Waals surface area contributed by atoms with Crippen LogP contribution in [0, 0.1) is 11.8 Å². The Bertz CT molecular complexity index is 456. The highest BCUT2D eigenvalue weighted by Crippen LogP contribution is 2.15. The lowest BCUT2D eigenvalue weighted by molar-refractivity contribution is -0.135. The first-order valence-electron chi connectivity index (χ1n) is 10.5. The van der Waals surface area contributed by atoms with Gasteiger partial charge in [0, 0.05) is 65.1 Å². The number of likely N-dealkylation sites (tertiary alicyclic amines) is 1. The van der Waals surface area contributed by atoms with Crippen LogP contribution in [0.5, 0.6) is 0 Å². The molecule has 0 spiro atoms. The van der Waals surface area contributed by atoms with Crippen LogP contribution in [0.25, 0.3) is 0 Å². The van der Waals surface area contributed by atoms with E-state index in [1.54, 1.807) is 7.05 Å². The van der Waals surface area contributed by atoms with Gasteiger partial charge in [-0.25, -0.2) is 0 Å². The summed E-state index contributed by atoms with van der Waals surface area (Å²) < 4.78 is 11.2. The van der Waals surface area contributed by atoms with Crippen LogP contribution in [0.1, 0.15) is 46.0 Å². The number of rotatable bonds is 8. The standard InChI is InChI=1S/C20H38N4O3/c1-16(2)19(25)24-10-5-18(6-11-24)23-20(21-3)22-9-4-12-27-15-17-7-13-26-14-8-17/h16-18H,4-15H2,1-3H3,(H2,21,22,23). The van der Waals surface area contributed by atoms with Crippen molar-refractivity contribution < 1.29 is 14.3 Å². The van der Waals surface area contributed by atoms with E-state index < -0.39 is 0 Å². The summed E-state index contributed by atoms with van der Waals surface area (Å²) in [5.74, 6) is 1.84. The van der Waals surface area contributed by atoms with E-state index in [9.17, 15) is 4.79 Å². The van der Waals surface area contributed by atoms with Crippen LogP contribution in [0.4, 0.5) is 0 Å². The Morgan fingerprint density at radius 3 is 2.56 bits per heavy atom. The zero-order valence-corrected chi connectivity index (χ0v) is 17.3. The summed E-state index contributed by atoms with van der Waals surface area (Å²) in [5.41, 5.74) is 0. The topological polar surface area (TPSA) is 75.2 Å². The molecule has 1 amide bonds. The fraction of sp³-hybridized carbons (Fsp3) is 0.900. The van der Waals surface area contributed by atoms with E-state index in [1.165, 1.54) is 0 Å². The van der Waals surface area contributed by atoms with E-state index in [-0.39, 0.29) is 11.8 Å². The van der Waals surface area contributed by atoms with Gasteiger partial charge in [-0.3, -0.25) is 9.79 Å². The number of amides is 1. The molecule has 2 aliphatic heterocycles. The van der Waals surface area contributed by atoms with Crippen molar-refractivity contribution in [2.75, 3.05) is 53.1 Å². The smallest absolute Gasteiger partial charge is 0.225 e. The summed E-state index contributed by atoms with van der Waals surface area (Å²) in [6.45, 7) is 9.80. The highest BCUT2D eigenvalue weighted by atomic mass is 16.5. The van der Waals surface area contributed by atoms with E-state index in [0.717, 1.165) is 84.1 Å². The molecule has 0 radical (unpaired) electrons. The van der Waals surface area contributed by atoms with Gasteiger partial charge in [0.2, 0.25) is 5.91 Å². The van der Waals surface area contributed by atoms with Crippen molar-refractivity contribution in [1.82, 2.24) is 15.5 Å². The fourth-order valence-corrected chi connectivity index (χ4v) is 3.54. The molecule has 2 N–H and O–H groups in total. The first-order chi connectivity index (χ1) is 13.1. The number of guanidine groups is 1. The van der Waals surface area contributed by atoms with Gasteiger partial charge in [0.25, 0.3) is 0 Å². The van der Waals surface area contributed by atoms with Gasteiger partial charge in [0.15, 0.2) is 5.96 Å². The zero-order chi connectivity index (χ0) is 19.5. The number of nitrogens with one attached hydrogen (secondary N) is 2. The minimum absolute atomic E-state index is 0.0811. The number of hydrogen-bond donors (Lipinski definition) is 2. The van der Waals surface area contributed by atoms with E-state index in [0.29, 0.717) is 12.0 Å². The molecular formula is C20H38N4O3. The normalized spacial score (nSPS) is 20.1. The molecule has 7 nitrogen and oxygen atoms in total. The quantitative estimate of drug-likeness (QED) is 0.379. The summed E-state index contributed by atoms with van der Waals surface area (Å²) in [5, 5.41) is 6.85. The second-order valence-corrected chi connectivity index (χ2v) is 7.88. The molecule has 2 fully saturated rings. The predicted molar refractivity (Wildman–Crippen MR) is 108 cm³/mol. The molecule has 0 aromatic heterocycles. The van der Waals surface area contributed by atoms with E-state index in [4.69, 9.17) is 9.47 Å². The van der Waals surface area contributed by atoms with Crippen LogP contribution in [0.3, 0.4) is 0 Å². The first kappa shape index (κ1) is 22.0. The molecule has 2 heterocycles. The first-order valence-corrected chi connectivity index (χ1v) is 10.5. The number of piperidine rings is 1. The van der Waals surface area contributed by atoms with Gasteiger partial charge in [0.1, 0.15) is 0 Å². The Kier molecular flexibility index (Phi) is 9.91. The maximum atomic E-state index is 12.1. The van der Waals surface area contributed by atoms with Gasteiger partial charge >= 0.3 is 0 Å². The van der Waals surface area contributed by atoms with Crippen molar-refractivity contribution in [3.8, 4) is 0 Å². The summed E-state index contributed by atoms with van der Waals surface area (Å²) >= 11 is 0. The maximum absolute atomic E-state index is 12.1. The number of carbonyl (C=O) groups excluding carboxylic acids is 1. The third-order valence-electron chi connectivity index (χ3n) is 5.32. The van der Waals surface area contributed by atoms with Crippen molar-refractivity contribution in [2.45, 2.75) is 52.0 Å². The number of hydrogen-bond acceptors (Lipinski definition) is 4. The fourth-order valence-electron chi connectivity index (χ4n) is 3.54. The molecule has 2 saturated heterocycles. The third kappa shape index (κ3) is 8.05. The molecule has 0 bridgehead atoms. The second kappa shape index (κ2) is 12.2. The third-order valence-corrected chi connectivity index (χ3v) is 5.32. The number of nitrogens with zero attached hydrogens (tertiary/aromatic N) is 2. The Balaban J connectivity index is 1.53. The lowest BCUT2D eigenvalue weighted by atomic mass is 10.0. The van der Waals surface area contributed by atoms with Gasteiger partial charge in [-0.05, 0) is 38.0 Å². The molecule has 0 aromatic carbocycles. The van der Waals surface area contributed by atoms with E-state index in [1.807, 2.05) is 18.7 Å². The average Bonchev–Trinajstić information content (AvgIpc) is 2.70. The Labute approximate surface area is 164 Å². The molecule has 0 saturated carbocycles. The highest BCUT2D eigenvalue weighted by Gasteiger charge is 2.24. The molecule has 0 aromatic rings. The molecule has 7 heteroatoms. The minimum atomic E-state index is 0.0811. The number of aliphatic imine (C=N–C) groups is 1. The predicted octanol–water partition coefficient (Wildman–Crippen LogP) is 1.63. The lowest BCUT2D eigenvalue weighted by Gasteiger charge is -2.34. The molecule has 2 aliphatic rings. The van der Waals surface area contributed by atoms with Crippen molar-refractivity contribution in [2.24, 2.45) is 16.8 Å². The summed E-state index contributed by atoms with van der Waals surface area (Å²) in [6, 6.07) is 0.372. The number of carbonyl (C=O) groups is 1. The summed E-state index contributed by atoms with van der Waals surface area (Å²) in [7, 11) is 1.80. The van der Waals surface area contributed by atoms with Gasteiger partial charge in [-0.2, -0.15) is 0 Å². The van der Waals surface area contributed by atoms with Crippen LogP contribution in [-0.4, -0.2) is 75.9 Å². The molecular weight excluding hydrogens is 344 g/mol. The van der Waals surface area contributed by atoms with Crippen LogP contribution in [0.15, 0.2) is 4.99 Å². The van der Waals surface area contributed by atoms with Crippen molar-refractivity contribution in [3.05, 3.63) is 0 Å². The Morgan fingerprint density at radius 1 is 1.22 bits per heavy atom. The molecule has 156 valence electrons. The summed E-state index contributed by atoms with van der Waals surface area (Å²) in [4.78, 5) is 18.4. The largest absolute Gasteiger partial charge is 0.381 e. The van der Waals surface area contributed by atoms with Crippen molar-refractivity contribution in [3.63, 3.8) is 0 Å². The summed E-state index contributed by atoms with van der Waals surface area (Å²) in [6.07, 6.45) is 5.14. The average molecular weight is 383 g/mol. The van der Waals surface area contributed by atoms with Crippen LogP contribution < -0.4 is 10.6 Å². The lowest BCUT2D eigenvalue weighted by Crippen LogP contribution is -2.50. The SMILES string of the molecule is CN=C(NCCCOCC1CCOCC1)NC1CCN(C(=O)C(C)C)CC1. The van der Waals surface area contributed by atoms with E-state index >= 15 is 0 Å². The van der Waals surface area contributed by atoms with Gasteiger partial charge < -0.3 is 25.0 Å². The van der Waals surface area contributed by atoms with Crippen LogP contribution in [0.2, 0.25) is 0 Å². The van der Waals surface area contributed by atoms with Crippen LogP contribution in [-0.2, 0) is 14.3 Å². The minimum Gasteiger partial charge on any atom is -0.381 e. The zero-order valence-electron chi connectivity index (χ0n) is 17.3. The van der Waals surface area contributed by atoms with Gasteiger partial charge in [-0.1, -0.05) is 13.8 Å². The molecule has 0 unspecified atom stereocenters. The molecule has 27 heavy (non-hydrogen) atoms.